The first kappa shape index (κ1) is 11.9. The van der Waals surface area contributed by atoms with Crippen LogP contribution in [0.4, 0.5) is 0 Å². The van der Waals surface area contributed by atoms with Gasteiger partial charge in [-0.25, -0.2) is 0 Å². The van der Waals surface area contributed by atoms with E-state index in [1.807, 2.05) is 19.1 Å². The van der Waals surface area contributed by atoms with E-state index in [9.17, 15) is 0 Å². The van der Waals surface area contributed by atoms with Crippen LogP contribution in [0.25, 0.3) is 0 Å². The van der Waals surface area contributed by atoms with Crippen molar-refractivity contribution in [3.05, 3.63) is 28.2 Å². The third-order valence-electron chi connectivity index (χ3n) is 3.26. The summed E-state index contributed by atoms with van der Waals surface area (Å²) in [5, 5.41) is 0. The molecule has 1 aliphatic carbocycles. The van der Waals surface area contributed by atoms with E-state index in [2.05, 4.69) is 28.9 Å². The zero-order valence-electron chi connectivity index (χ0n) is 9.74. The largest absolute Gasteiger partial charge is 0.494 e. The molecule has 0 amide bonds. The van der Waals surface area contributed by atoms with Gasteiger partial charge < -0.3 is 10.5 Å². The minimum atomic E-state index is 0.106. The van der Waals surface area contributed by atoms with Gasteiger partial charge in [-0.1, -0.05) is 22.9 Å². The van der Waals surface area contributed by atoms with E-state index < -0.39 is 0 Å². The summed E-state index contributed by atoms with van der Waals surface area (Å²) >= 11 is 3.49. The van der Waals surface area contributed by atoms with Gasteiger partial charge in [-0.3, -0.25) is 0 Å². The van der Waals surface area contributed by atoms with Gasteiger partial charge in [0.2, 0.25) is 0 Å². The Kier molecular flexibility index (Phi) is 3.55. The number of hydrogen-bond donors (Lipinski definition) is 1. The fourth-order valence-corrected chi connectivity index (χ4v) is 2.53. The molecule has 3 unspecified atom stereocenters. The summed E-state index contributed by atoms with van der Waals surface area (Å²) < 4.78 is 6.69. The molecular weight excluding hydrogens is 266 g/mol. The van der Waals surface area contributed by atoms with E-state index in [0.29, 0.717) is 12.5 Å². The smallest absolute Gasteiger partial charge is 0.124 e. The Labute approximate surface area is 105 Å². The third kappa shape index (κ3) is 2.41. The summed E-state index contributed by atoms with van der Waals surface area (Å²) in [5.74, 6) is 2.30. The van der Waals surface area contributed by atoms with Crippen molar-refractivity contribution >= 4 is 15.9 Å². The second-order valence-corrected chi connectivity index (χ2v) is 5.43. The Morgan fingerprint density at radius 3 is 2.81 bits per heavy atom. The highest BCUT2D eigenvalue weighted by Gasteiger charge is 2.39. The van der Waals surface area contributed by atoms with Crippen LogP contribution in [0.1, 0.15) is 31.9 Å². The minimum Gasteiger partial charge on any atom is -0.494 e. The highest BCUT2D eigenvalue weighted by atomic mass is 79.9. The van der Waals surface area contributed by atoms with Gasteiger partial charge in [-0.2, -0.15) is 0 Å². The van der Waals surface area contributed by atoms with Crippen molar-refractivity contribution in [2.24, 2.45) is 17.6 Å². The maximum Gasteiger partial charge on any atom is 0.124 e. The van der Waals surface area contributed by atoms with Crippen LogP contribution in [0, 0.1) is 11.8 Å². The Morgan fingerprint density at radius 2 is 2.25 bits per heavy atom. The minimum absolute atomic E-state index is 0.106. The summed E-state index contributed by atoms with van der Waals surface area (Å²) in [6, 6.07) is 6.18. The van der Waals surface area contributed by atoms with Crippen LogP contribution in [0.2, 0.25) is 0 Å². The number of benzene rings is 1. The highest BCUT2D eigenvalue weighted by Crippen LogP contribution is 2.47. The lowest BCUT2D eigenvalue weighted by Crippen LogP contribution is -2.15. The molecule has 1 aromatic carbocycles. The summed E-state index contributed by atoms with van der Waals surface area (Å²) in [6.07, 6.45) is 1.24. The molecule has 2 nitrogen and oxygen atoms in total. The number of hydrogen-bond acceptors (Lipinski definition) is 2. The van der Waals surface area contributed by atoms with Gasteiger partial charge in [-0.15, -0.1) is 0 Å². The fraction of sp³-hybridized carbons (Fsp3) is 0.538. The molecule has 0 saturated heterocycles. The average molecular weight is 284 g/mol. The van der Waals surface area contributed by atoms with Gasteiger partial charge in [0, 0.05) is 16.1 Å². The number of halogens is 1. The van der Waals surface area contributed by atoms with Crippen molar-refractivity contribution in [2.45, 2.75) is 26.3 Å². The summed E-state index contributed by atoms with van der Waals surface area (Å²) in [4.78, 5) is 0. The van der Waals surface area contributed by atoms with Crippen LogP contribution in [0.3, 0.4) is 0 Å². The van der Waals surface area contributed by atoms with Crippen LogP contribution in [-0.4, -0.2) is 6.61 Å². The second-order valence-electron chi connectivity index (χ2n) is 4.52. The zero-order valence-corrected chi connectivity index (χ0v) is 11.3. The summed E-state index contributed by atoms with van der Waals surface area (Å²) in [6.45, 7) is 4.93. The van der Waals surface area contributed by atoms with Crippen LogP contribution < -0.4 is 10.5 Å². The molecule has 0 heterocycles. The quantitative estimate of drug-likeness (QED) is 0.918. The second kappa shape index (κ2) is 4.76. The lowest BCUT2D eigenvalue weighted by molar-refractivity contribution is 0.332. The molecule has 3 heteroatoms. The standard InChI is InChI=1S/C13H18BrNO/c1-3-16-12-5-4-9(14)7-11(12)13(15)10-6-8(10)2/h4-5,7-8,10,13H,3,6,15H2,1-2H3. The van der Waals surface area contributed by atoms with Crippen molar-refractivity contribution in [1.29, 1.82) is 0 Å². The molecule has 0 aromatic heterocycles. The van der Waals surface area contributed by atoms with Crippen LogP contribution >= 0.6 is 15.9 Å². The molecule has 0 radical (unpaired) electrons. The van der Waals surface area contributed by atoms with E-state index in [4.69, 9.17) is 10.5 Å². The lowest BCUT2D eigenvalue weighted by Gasteiger charge is -2.16. The first-order valence-electron chi connectivity index (χ1n) is 5.81. The van der Waals surface area contributed by atoms with Gasteiger partial charge in [0.1, 0.15) is 5.75 Å². The van der Waals surface area contributed by atoms with E-state index in [1.165, 1.54) is 6.42 Å². The summed E-state index contributed by atoms with van der Waals surface area (Å²) in [5.41, 5.74) is 7.42. The first-order valence-corrected chi connectivity index (χ1v) is 6.60. The maximum absolute atomic E-state index is 6.29. The number of rotatable bonds is 4. The number of nitrogens with two attached hydrogens (primary N) is 1. The Balaban J connectivity index is 2.25. The van der Waals surface area contributed by atoms with Gasteiger partial charge in [0.25, 0.3) is 0 Å². The Bertz CT molecular complexity index is 380. The average Bonchev–Trinajstić information content (AvgIpc) is 2.97. The van der Waals surface area contributed by atoms with Crippen molar-refractivity contribution < 1.29 is 4.74 Å². The molecular formula is C13H18BrNO. The van der Waals surface area contributed by atoms with E-state index in [1.54, 1.807) is 0 Å². The van der Waals surface area contributed by atoms with Gasteiger partial charge >= 0.3 is 0 Å². The van der Waals surface area contributed by atoms with Crippen LogP contribution in [0.15, 0.2) is 22.7 Å². The van der Waals surface area contributed by atoms with Gasteiger partial charge in [0.15, 0.2) is 0 Å². The van der Waals surface area contributed by atoms with Crippen molar-refractivity contribution in [3.63, 3.8) is 0 Å². The fourth-order valence-electron chi connectivity index (χ4n) is 2.15. The van der Waals surface area contributed by atoms with Gasteiger partial charge in [-0.05, 0) is 43.4 Å². The first-order chi connectivity index (χ1) is 7.63. The lowest BCUT2D eigenvalue weighted by atomic mass is 10.0. The predicted octanol–water partition coefficient (Wildman–Crippen LogP) is 3.50. The maximum atomic E-state index is 6.29. The molecule has 2 N–H and O–H groups in total. The molecule has 16 heavy (non-hydrogen) atoms. The highest BCUT2D eigenvalue weighted by molar-refractivity contribution is 9.10. The van der Waals surface area contributed by atoms with Crippen molar-refractivity contribution in [1.82, 2.24) is 0 Å². The topological polar surface area (TPSA) is 35.2 Å². The molecule has 0 aliphatic heterocycles. The normalized spacial score (nSPS) is 25.2. The van der Waals surface area contributed by atoms with Crippen LogP contribution in [-0.2, 0) is 0 Å². The molecule has 1 aromatic rings. The predicted molar refractivity (Wildman–Crippen MR) is 69.5 cm³/mol. The zero-order chi connectivity index (χ0) is 11.7. The van der Waals surface area contributed by atoms with Crippen LogP contribution in [0.5, 0.6) is 5.75 Å². The molecule has 1 fully saturated rings. The molecule has 0 bridgehead atoms. The third-order valence-corrected chi connectivity index (χ3v) is 3.76. The Hall–Kier alpha value is -0.540. The van der Waals surface area contributed by atoms with E-state index in [-0.39, 0.29) is 6.04 Å². The monoisotopic (exact) mass is 283 g/mol. The van der Waals surface area contributed by atoms with Crippen molar-refractivity contribution in [3.8, 4) is 5.75 Å². The molecule has 2 rings (SSSR count). The molecule has 0 spiro atoms. The molecule has 88 valence electrons. The number of ether oxygens (including phenoxy) is 1. The van der Waals surface area contributed by atoms with E-state index in [0.717, 1.165) is 21.7 Å². The SMILES string of the molecule is CCOc1ccc(Br)cc1C(N)C1CC1C. The molecule has 1 saturated carbocycles. The van der Waals surface area contributed by atoms with Gasteiger partial charge in [0.05, 0.1) is 6.61 Å². The van der Waals surface area contributed by atoms with Crippen molar-refractivity contribution in [2.75, 3.05) is 6.61 Å². The Morgan fingerprint density at radius 1 is 1.56 bits per heavy atom. The molecule has 1 aliphatic rings. The van der Waals surface area contributed by atoms with E-state index >= 15 is 0 Å². The summed E-state index contributed by atoms with van der Waals surface area (Å²) in [7, 11) is 0. The molecule has 3 atom stereocenters.